The summed E-state index contributed by atoms with van der Waals surface area (Å²) in [5, 5.41) is 5.03. The quantitative estimate of drug-likeness (QED) is 0.730. The van der Waals surface area contributed by atoms with Gasteiger partial charge in [-0.05, 0) is 18.2 Å². The number of rotatable bonds is 1. The third-order valence-corrected chi connectivity index (χ3v) is 2.71. The molecule has 2 heterocycles. The molecule has 0 atom stereocenters. The molecule has 0 aromatic carbocycles. The fraction of sp³-hybridized carbons (Fsp3) is 0. The van der Waals surface area contributed by atoms with Crippen molar-refractivity contribution in [2.45, 2.75) is 4.90 Å². The van der Waals surface area contributed by atoms with E-state index in [1.54, 1.807) is 12.1 Å². The van der Waals surface area contributed by atoms with Crippen molar-refractivity contribution in [2.24, 2.45) is 5.14 Å². The molecule has 0 unspecified atom stereocenters. The number of primary sulfonamides is 1. The van der Waals surface area contributed by atoms with Gasteiger partial charge < -0.3 is 0 Å². The summed E-state index contributed by atoms with van der Waals surface area (Å²) in [6.07, 6.45) is 2.89. The number of hydrogen-bond acceptors (Lipinski definition) is 4. The summed E-state index contributed by atoms with van der Waals surface area (Å²) in [7, 11) is -3.73. The van der Waals surface area contributed by atoms with Crippen LogP contribution < -0.4 is 5.14 Å². The molecule has 2 rings (SSSR count). The van der Waals surface area contributed by atoms with E-state index in [4.69, 9.17) is 5.14 Å². The summed E-state index contributed by atoms with van der Waals surface area (Å²) in [6.45, 7) is 0. The summed E-state index contributed by atoms with van der Waals surface area (Å²) < 4.78 is 22.3. The van der Waals surface area contributed by atoms with Crippen molar-refractivity contribution in [3.05, 3.63) is 30.6 Å². The molecule has 0 aliphatic carbocycles. The fourth-order valence-corrected chi connectivity index (χ4v) is 1.86. The van der Waals surface area contributed by atoms with Crippen LogP contribution in [-0.4, -0.2) is 18.4 Å². The first-order valence-electron chi connectivity index (χ1n) is 3.81. The highest BCUT2D eigenvalue weighted by Gasteiger charge is 2.12. The Morgan fingerprint density at radius 2 is 1.93 bits per heavy atom. The summed E-state index contributed by atoms with van der Waals surface area (Å²) >= 11 is 0. The van der Waals surface area contributed by atoms with Gasteiger partial charge in [0.25, 0.3) is 0 Å². The van der Waals surface area contributed by atoms with Crippen molar-refractivity contribution in [3.8, 4) is 0 Å². The third kappa shape index (κ3) is 1.45. The van der Waals surface area contributed by atoms with E-state index >= 15 is 0 Å². The predicted molar refractivity (Wildman–Crippen MR) is 50.9 cm³/mol. The van der Waals surface area contributed by atoms with Crippen molar-refractivity contribution in [2.75, 3.05) is 0 Å². The molecule has 5 nitrogen and oxygen atoms in total. The lowest BCUT2D eigenvalue weighted by atomic mass is 10.3. The molecule has 6 heteroatoms. The van der Waals surface area contributed by atoms with Gasteiger partial charge in [-0.15, -0.1) is 0 Å². The molecule has 0 aliphatic rings. The Kier molecular flexibility index (Phi) is 1.94. The van der Waals surface area contributed by atoms with Gasteiger partial charge in [-0.1, -0.05) is 0 Å². The second-order valence-electron chi connectivity index (χ2n) is 2.73. The number of hydrogen-bond donors (Lipinski definition) is 1. The van der Waals surface area contributed by atoms with Crippen LogP contribution in [0.5, 0.6) is 0 Å². The zero-order valence-corrected chi connectivity index (χ0v) is 7.90. The topological polar surface area (TPSA) is 85.9 Å². The molecule has 0 saturated carbocycles. The Bertz CT molecular complexity index is 575. The number of pyridine rings is 2. The van der Waals surface area contributed by atoms with Crippen LogP contribution in [0.2, 0.25) is 0 Å². The first-order valence-corrected chi connectivity index (χ1v) is 5.36. The molecule has 0 bridgehead atoms. The first kappa shape index (κ1) is 9.04. The molecule has 14 heavy (non-hydrogen) atoms. The Balaban J connectivity index is 2.92. The molecule has 2 N–H and O–H groups in total. The minimum Gasteiger partial charge on any atom is -0.255 e. The molecule has 0 amide bonds. The monoisotopic (exact) mass is 209 g/mol. The van der Waals surface area contributed by atoms with Gasteiger partial charge in [-0.25, -0.2) is 13.6 Å². The van der Waals surface area contributed by atoms with E-state index in [1.165, 1.54) is 18.5 Å². The molecular weight excluding hydrogens is 202 g/mol. The minimum absolute atomic E-state index is 0.00287. The fourth-order valence-electron chi connectivity index (χ4n) is 1.18. The van der Waals surface area contributed by atoms with E-state index in [0.29, 0.717) is 11.0 Å². The molecule has 0 saturated heterocycles. The highest BCUT2D eigenvalue weighted by atomic mass is 32.2. The summed E-state index contributed by atoms with van der Waals surface area (Å²) in [5.41, 5.74) is 0.816. The van der Waals surface area contributed by atoms with Gasteiger partial charge in [-0.3, -0.25) is 9.97 Å². The minimum atomic E-state index is -3.73. The Morgan fingerprint density at radius 1 is 1.14 bits per heavy atom. The number of sulfonamides is 1. The van der Waals surface area contributed by atoms with Crippen molar-refractivity contribution >= 4 is 21.1 Å². The standard InChI is InChI=1S/C8H7N3O2S/c9-14(12,13)7-3-5-10-6-2-1-4-11-8(6)7/h1-5H,(H2,9,12,13). The number of nitrogens with zero attached hydrogens (tertiary/aromatic N) is 2. The third-order valence-electron chi connectivity index (χ3n) is 1.77. The van der Waals surface area contributed by atoms with Crippen LogP contribution >= 0.6 is 0 Å². The van der Waals surface area contributed by atoms with E-state index in [9.17, 15) is 8.42 Å². The van der Waals surface area contributed by atoms with Crippen molar-refractivity contribution in [1.82, 2.24) is 9.97 Å². The van der Waals surface area contributed by atoms with Crippen LogP contribution in [0.15, 0.2) is 35.5 Å². The molecular formula is C8H7N3O2S. The van der Waals surface area contributed by atoms with E-state index in [2.05, 4.69) is 9.97 Å². The number of nitrogens with two attached hydrogens (primary N) is 1. The number of fused-ring (bicyclic) bond motifs is 1. The highest BCUT2D eigenvalue weighted by Crippen LogP contribution is 2.16. The summed E-state index contributed by atoms with van der Waals surface area (Å²) in [6, 6.07) is 4.70. The van der Waals surface area contributed by atoms with Crippen LogP contribution in [0.3, 0.4) is 0 Å². The van der Waals surface area contributed by atoms with E-state index in [0.717, 1.165) is 0 Å². The SMILES string of the molecule is NS(=O)(=O)c1ccnc2cccnc12. The normalized spacial score (nSPS) is 11.8. The largest absolute Gasteiger partial charge is 0.255 e. The Hall–Kier alpha value is -1.53. The average molecular weight is 209 g/mol. The lowest BCUT2D eigenvalue weighted by molar-refractivity contribution is 0.598. The van der Waals surface area contributed by atoms with Crippen molar-refractivity contribution in [3.63, 3.8) is 0 Å². The lowest BCUT2D eigenvalue weighted by Gasteiger charge is -2.01. The van der Waals surface area contributed by atoms with Gasteiger partial charge in [0.05, 0.1) is 5.52 Å². The molecule has 2 aromatic rings. The Labute approximate surface area is 80.7 Å². The maximum atomic E-state index is 11.2. The molecule has 0 spiro atoms. The second-order valence-corrected chi connectivity index (χ2v) is 4.26. The lowest BCUT2D eigenvalue weighted by Crippen LogP contribution is -2.13. The molecule has 0 aliphatic heterocycles. The summed E-state index contributed by atoms with van der Waals surface area (Å²) in [5.74, 6) is 0. The zero-order valence-electron chi connectivity index (χ0n) is 7.08. The summed E-state index contributed by atoms with van der Waals surface area (Å²) in [4.78, 5) is 7.90. The van der Waals surface area contributed by atoms with E-state index in [1.807, 2.05) is 0 Å². The van der Waals surface area contributed by atoms with Crippen LogP contribution in [-0.2, 0) is 10.0 Å². The van der Waals surface area contributed by atoms with Gasteiger partial charge in [-0.2, -0.15) is 0 Å². The average Bonchev–Trinajstić information content (AvgIpc) is 2.15. The van der Waals surface area contributed by atoms with Crippen LogP contribution in [0, 0.1) is 0 Å². The maximum absolute atomic E-state index is 11.2. The van der Waals surface area contributed by atoms with Gasteiger partial charge in [0.1, 0.15) is 10.4 Å². The molecule has 0 radical (unpaired) electrons. The molecule has 0 fully saturated rings. The maximum Gasteiger partial charge on any atom is 0.240 e. The van der Waals surface area contributed by atoms with Gasteiger partial charge >= 0.3 is 0 Å². The highest BCUT2D eigenvalue weighted by molar-refractivity contribution is 7.89. The zero-order chi connectivity index (χ0) is 10.2. The van der Waals surface area contributed by atoms with Crippen LogP contribution in [0.1, 0.15) is 0 Å². The van der Waals surface area contributed by atoms with Crippen molar-refractivity contribution in [1.29, 1.82) is 0 Å². The van der Waals surface area contributed by atoms with Gasteiger partial charge in [0.15, 0.2) is 0 Å². The van der Waals surface area contributed by atoms with Crippen LogP contribution in [0.25, 0.3) is 11.0 Å². The second kappa shape index (κ2) is 3.00. The van der Waals surface area contributed by atoms with Crippen LogP contribution in [0.4, 0.5) is 0 Å². The predicted octanol–water partition coefficient (Wildman–Crippen LogP) is 0.277. The first-order chi connectivity index (χ1) is 6.59. The van der Waals surface area contributed by atoms with Gasteiger partial charge in [0.2, 0.25) is 10.0 Å². The Morgan fingerprint density at radius 3 is 2.64 bits per heavy atom. The van der Waals surface area contributed by atoms with E-state index < -0.39 is 10.0 Å². The number of aromatic nitrogens is 2. The van der Waals surface area contributed by atoms with Crippen molar-refractivity contribution < 1.29 is 8.42 Å². The van der Waals surface area contributed by atoms with E-state index in [-0.39, 0.29) is 4.90 Å². The van der Waals surface area contributed by atoms with Gasteiger partial charge in [0, 0.05) is 12.4 Å². The molecule has 72 valence electrons. The molecule has 2 aromatic heterocycles. The smallest absolute Gasteiger partial charge is 0.240 e.